The number of ether oxygens (including phenoxy) is 4. The van der Waals surface area contributed by atoms with E-state index in [1.54, 1.807) is 25.3 Å². The molecular formula is C23H22N2O5. The fraction of sp³-hybridized carbons (Fsp3) is 0.217. The number of aromatic amines is 1. The first kappa shape index (κ1) is 19.6. The van der Waals surface area contributed by atoms with Gasteiger partial charge in [-0.3, -0.25) is 0 Å². The second kappa shape index (κ2) is 8.32. The summed E-state index contributed by atoms with van der Waals surface area (Å²) < 4.78 is 21.7. The maximum atomic E-state index is 12.2. The van der Waals surface area contributed by atoms with Crippen LogP contribution in [0.4, 0.5) is 0 Å². The van der Waals surface area contributed by atoms with E-state index in [0.717, 1.165) is 17.0 Å². The van der Waals surface area contributed by atoms with Gasteiger partial charge in [0.1, 0.15) is 29.5 Å². The summed E-state index contributed by atoms with van der Waals surface area (Å²) in [5.74, 6) is 1.91. The Morgan fingerprint density at radius 3 is 2.57 bits per heavy atom. The topological polar surface area (TPSA) is 82.1 Å². The highest BCUT2D eigenvalue weighted by molar-refractivity contribution is 5.95. The van der Waals surface area contributed by atoms with E-state index in [4.69, 9.17) is 18.9 Å². The van der Waals surface area contributed by atoms with Gasteiger partial charge in [-0.25, -0.2) is 9.79 Å². The standard InChI is InChI=1S/C23H22N2O5/c1-14-13-29-22(24-14)21-8-7-20(25-21)15-9-16(23(26)28-3)11-19(10-15)30-18-6-4-5-17(12-18)27-2/h4-12,14,25H,13H2,1-3H3/t14-/m1/s1. The van der Waals surface area contributed by atoms with Gasteiger partial charge >= 0.3 is 5.97 Å². The Hall–Kier alpha value is -3.74. The van der Waals surface area contributed by atoms with Crippen molar-refractivity contribution in [2.45, 2.75) is 13.0 Å². The lowest BCUT2D eigenvalue weighted by Crippen LogP contribution is -2.03. The zero-order chi connectivity index (χ0) is 21.1. The van der Waals surface area contributed by atoms with Crippen molar-refractivity contribution in [1.29, 1.82) is 0 Å². The number of rotatable bonds is 6. The third kappa shape index (κ3) is 4.15. The lowest BCUT2D eigenvalue weighted by Gasteiger charge is -2.11. The van der Waals surface area contributed by atoms with Crippen molar-refractivity contribution >= 4 is 11.9 Å². The Kier molecular flexibility index (Phi) is 5.43. The van der Waals surface area contributed by atoms with E-state index >= 15 is 0 Å². The van der Waals surface area contributed by atoms with E-state index in [2.05, 4.69) is 9.98 Å². The molecule has 154 valence electrons. The van der Waals surface area contributed by atoms with Crippen LogP contribution in [0.25, 0.3) is 11.3 Å². The van der Waals surface area contributed by atoms with Crippen molar-refractivity contribution in [2.24, 2.45) is 4.99 Å². The highest BCUT2D eigenvalue weighted by Crippen LogP contribution is 2.31. The van der Waals surface area contributed by atoms with E-state index < -0.39 is 5.97 Å². The number of nitrogens with one attached hydrogen (secondary N) is 1. The van der Waals surface area contributed by atoms with E-state index in [1.807, 2.05) is 43.3 Å². The van der Waals surface area contributed by atoms with Gasteiger partial charge < -0.3 is 23.9 Å². The normalized spacial score (nSPS) is 15.3. The number of carbonyl (C=O) groups excluding carboxylic acids is 1. The molecule has 2 heterocycles. The monoisotopic (exact) mass is 406 g/mol. The molecule has 0 radical (unpaired) electrons. The maximum Gasteiger partial charge on any atom is 0.338 e. The van der Waals surface area contributed by atoms with Crippen LogP contribution in [0, 0.1) is 0 Å². The smallest absolute Gasteiger partial charge is 0.338 e. The summed E-state index contributed by atoms with van der Waals surface area (Å²) in [6.07, 6.45) is 0. The molecule has 2 aromatic carbocycles. The minimum Gasteiger partial charge on any atom is -0.497 e. The van der Waals surface area contributed by atoms with Gasteiger partial charge in [-0.15, -0.1) is 0 Å². The number of aliphatic imine (C=N–C) groups is 1. The number of aromatic nitrogens is 1. The molecule has 0 fully saturated rings. The van der Waals surface area contributed by atoms with Crippen molar-refractivity contribution in [2.75, 3.05) is 20.8 Å². The molecule has 1 N–H and O–H groups in total. The fourth-order valence-electron chi connectivity index (χ4n) is 3.16. The van der Waals surface area contributed by atoms with Crippen LogP contribution >= 0.6 is 0 Å². The fourth-order valence-corrected chi connectivity index (χ4v) is 3.16. The number of esters is 1. The summed E-state index contributed by atoms with van der Waals surface area (Å²) in [4.78, 5) is 20.0. The first-order valence-corrected chi connectivity index (χ1v) is 9.51. The summed E-state index contributed by atoms with van der Waals surface area (Å²) >= 11 is 0. The van der Waals surface area contributed by atoms with E-state index in [0.29, 0.717) is 35.3 Å². The van der Waals surface area contributed by atoms with Crippen LogP contribution in [0.2, 0.25) is 0 Å². The van der Waals surface area contributed by atoms with Gasteiger partial charge in [0.05, 0.1) is 25.8 Å². The summed E-state index contributed by atoms with van der Waals surface area (Å²) in [5, 5.41) is 0. The zero-order valence-electron chi connectivity index (χ0n) is 17.0. The molecular weight excluding hydrogens is 384 g/mol. The van der Waals surface area contributed by atoms with Gasteiger partial charge in [-0.2, -0.15) is 0 Å². The number of hydrogen-bond acceptors (Lipinski definition) is 6. The Morgan fingerprint density at radius 1 is 1.03 bits per heavy atom. The van der Waals surface area contributed by atoms with Crippen molar-refractivity contribution in [3.8, 4) is 28.5 Å². The number of H-pyrrole nitrogens is 1. The largest absolute Gasteiger partial charge is 0.497 e. The number of carbonyl (C=O) groups is 1. The Morgan fingerprint density at radius 2 is 1.83 bits per heavy atom. The van der Waals surface area contributed by atoms with Crippen LogP contribution in [0.15, 0.2) is 59.6 Å². The van der Waals surface area contributed by atoms with Gasteiger partial charge in [0.2, 0.25) is 5.90 Å². The number of methoxy groups -OCH3 is 2. The van der Waals surface area contributed by atoms with E-state index in [-0.39, 0.29) is 6.04 Å². The van der Waals surface area contributed by atoms with Crippen LogP contribution in [0.1, 0.15) is 23.0 Å². The molecule has 0 amide bonds. The van der Waals surface area contributed by atoms with E-state index in [9.17, 15) is 4.79 Å². The van der Waals surface area contributed by atoms with Gasteiger partial charge in [-0.05, 0) is 49.4 Å². The van der Waals surface area contributed by atoms with Crippen molar-refractivity contribution in [3.63, 3.8) is 0 Å². The Balaban J connectivity index is 1.69. The highest BCUT2D eigenvalue weighted by atomic mass is 16.5. The van der Waals surface area contributed by atoms with Crippen LogP contribution in [-0.4, -0.2) is 43.7 Å². The summed E-state index contributed by atoms with van der Waals surface area (Å²) in [6, 6.07) is 16.4. The van der Waals surface area contributed by atoms with Gasteiger partial charge in [0.25, 0.3) is 0 Å². The quantitative estimate of drug-likeness (QED) is 0.612. The van der Waals surface area contributed by atoms with Crippen molar-refractivity contribution in [3.05, 3.63) is 65.9 Å². The molecule has 1 aliphatic rings. The lowest BCUT2D eigenvalue weighted by atomic mass is 10.1. The van der Waals surface area contributed by atoms with Gasteiger partial charge in [0, 0.05) is 17.3 Å². The number of benzene rings is 2. The molecule has 0 unspecified atom stereocenters. The predicted octanol–water partition coefficient (Wildman–Crippen LogP) is 4.43. The van der Waals surface area contributed by atoms with Crippen molar-refractivity contribution < 1.29 is 23.7 Å². The third-order valence-corrected chi connectivity index (χ3v) is 4.63. The minimum absolute atomic E-state index is 0.136. The molecule has 4 rings (SSSR count). The summed E-state index contributed by atoms with van der Waals surface area (Å²) in [5.41, 5.74) is 2.74. The highest BCUT2D eigenvalue weighted by Gasteiger charge is 2.18. The molecule has 7 nitrogen and oxygen atoms in total. The first-order chi connectivity index (χ1) is 14.6. The molecule has 7 heteroatoms. The Bertz CT molecular complexity index is 1100. The van der Waals surface area contributed by atoms with Crippen LogP contribution in [0.3, 0.4) is 0 Å². The summed E-state index contributed by atoms with van der Waals surface area (Å²) in [6.45, 7) is 2.57. The Labute approximate surface area is 174 Å². The van der Waals surface area contributed by atoms with Gasteiger partial charge in [0.15, 0.2) is 0 Å². The molecule has 1 aromatic heterocycles. The molecule has 0 bridgehead atoms. The number of nitrogens with zero attached hydrogens (tertiary/aromatic N) is 1. The molecule has 30 heavy (non-hydrogen) atoms. The average Bonchev–Trinajstić information content (AvgIpc) is 3.42. The molecule has 0 aliphatic carbocycles. The second-order valence-electron chi connectivity index (χ2n) is 6.90. The summed E-state index contributed by atoms with van der Waals surface area (Å²) in [7, 11) is 2.94. The van der Waals surface area contributed by atoms with Crippen LogP contribution in [0.5, 0.6) is 17.2 Å². The molecule has 3 aromatic rings. The van der Waals surface area contributed by atoms with Gasteiger partial charge in [-0.1, -0.05) is 6.07 Å². The molecule has 0 saturated carbocycles. The molecule has 0 spiro atoms. The third-order valence-electron chi connectivity index (χ3n) is 4.63. The second-order valence-corrected chi connectivity index (χ2v) is 6.90. The van der Waals surface area contributed by atoms with Crippen LogP contribution in [-0.2, 0) is 9.47 Å². The molecule has 0 saturated heterocycles. The first-order valence-electron chi connectivity index (χ1n) is 9.51. The maximum absolute atomic E-state index is 12.2. The lowest BCUT2D eigenvalue weighted by molar-refractivity contribution is 0.0600. The minimum atomic E-state index is -0.448. The molecule has 1 atom stereocenters. The van der Waals surface area contributed by atoms with Crippen molar-refractivity contribution in [1.82, 2.24) is 4.98 Å². The average molecular weight is 406 g/mol. The SMILES string of the molecule is COC(=O)c1cc(Oc2cccc(OC)c2)cc(-c2ccc(C3=N[C@H](C)CO3)[nH]2)c1. The van der Waals surface area contributed by atoms with Crippen LogP contribution < -0.4 is 9.47 Å². The van der Waals surface area contributed by atoms with E-state index in [1.165, 1.54) is 7.11 Å². The molecule has 1 aliphatic heterocycles. The number of hydrogen-bond donors (Lipinski definition) is 1. The predicted molar refractivity (Wildman–Crippen MR) is 113 cm³/mol. The zero-order valence-corrected chi connectivity index (χ0v) is 17.0.